The van der Waals surface area contributed by atoms with E-state index in [1.165, 1.54) is 0 Å². The summed E-state index contributed by atoms with van der Waals surface area (Å²) in [5.74, 6) is 0.717. The number of thiazole rings is 1. The van der Waals surface area contributed by atoms with E-state index in [9.17, 15) is 4.79 Å². The number of pyridine rings is 2. The number of anilines is 1. The zero-order valence-electron chi connectivity index (χ0n) is 20.8. The Bertz CT molecular complexity index is 1690. The second-order valence-electron chi connectivity index (χ2n) is 9.43. The molecule has 1 amide bonds. The number of amides is 1. The number of carbonyl (C=O) groups excluding carboxylic acids is 1. The number of aromatic nitrogens is 4. The molecule has 0 radical (unpaired) electrons. The van der Waals surface area contributed by atoms with Gasteiger partial charge in [0.2, 0.25) is 0 Å². The highest BCUT2D eigenvalue weighted by molar-refractivity contribution is 7.71. The van der Waals surface area contributed by atoms with Crippen LogP contribution in [-0.4, -0.2) is 63.4 Å². The summed E-state index contributed by atoms with van der Waals surface area (Å²) in [6.07, 6.45) is 4.47. The van der Waals surface area contributed by atoms with E-state index in [1.54, 1.807) is 23.7 Å². The fourth-order valence-corrected chi connectivity index (χ4v) is 6.41. The number of nitrogens with one attached hydrogen (secondary N) is 1. The molecule has 6 rings (SSSR count). The maximum atomic E-state index is 13.6. The summed E-state index contributed by atoms with van der Waals surface area (Å²) in [7, 11) is 2.16. The monoisotopic (exact) mass is 529 g/mol. The fraction of sp³-hybridized carbons (Fsp3) is 0.296. The molecule has 0 spiro atoms. The maximum Gasteiger partial charge on any atom is 0.256 e. The largest absolute Gasteiger partial charge is 0.355 e. The van der Waals surface area contributed by atoms with Crippen molar-refractivity contribution in [2.24, 2.45) is 0 Å². The quantitative estimate of drug-likeness (QED) is 0.341. The van der Waals surface area contributed by atoms with Crippen molar-refractivity contribution in [2.75, 3.05) is 38.1 Å². The second-order valence-corrected chi connectivity index (χ2v) is 10.9. The van der Waals surface area contributed by atoms with Crippen LogP contribution in [0.4, 0.5) is 5.82 Å². The van der Waals surface area contributed by atoms with Crippen molar-refractivity contribution >= 4 is 61.4 Å². The maximum absolute atomic E-state index is 13.6. The third-order valence-corrected chi connectivity index (χ3v) is 8.38. The standard InChI is InChI=1S/C27H27N7OS2/c1-17-14-29-18(15-28-17)16-30-26(35)23-24(36)19-8-9-22(33-11-5-10-32(2)12-13-33)31-25(19)34-20-6-3-4-7-21(20)37-27(23)34/h3-4,6-9,14-15H,5,10-13,16H2,1-2H3,(H,30,35). The lowest BCUT2D eigenvalue weighted by Gasteiger charge is -2.22. The number of para-hydroxylation sites is 1. The molecular weight excluding hydrogens is 502 g/mol. The molecule has 5 heterocycles. The van der Waals surface area contributed by atoms with Crippen molar-refractivity contribution in [1.82, 2.24) is 29.6 Å². The Morgan fingerprint density at radius 2 is 1.95 bits per heavy atom. The second kappa shape index (κ2) is 9.77. The molecule has 0 bridgehead atoms. The first-order valence-corrected chi connectivity index (χ1v) is 13.6. The predicted molar refractivity (Wildman–Crippen MR) is 151 cm³/mol. The number of carbonyl (C=O) groups is 1. The van der Waals surface area contributed by atoms with Gasteiger partial charge in [-0.15, -0.1) is 11.3 Å². The van der Waals surface area contributed by atoms with E-state index < -0.39 is 0 Å². The Hall–Kier alpha value is -3.47. The highest BCUT2D eigenvalue weighted by Gasteiger charge is 2.22. The Morgan fingerprint density at radius 3 is 2.78 bits per heavy atom. The minimum absolute atomic E-state index is 0.224. The number of benzene rings is 1. The molecule has 1 aliphatic heterocycles. The van der Waals surface area contributed by atoms with Gasteiger partial charge in [-0.25, -0.2) is 4.98 Å². The SMILES string of the molecule is Cc1cnc(CNC(=O)c2c(=S)c3ccc(N4CCCN(C)CC4)nc3n3c2sc2ccccc23)cn1. The van der Waals surface area contributed by atoms with Crippen LogP contribution in [0.1, 0.15) is 28.2 Å². The molecule has 1 N–H and O–H groups in total. The summed E-state index contributed by atoms with van der Waals surface area (Å²) in [6, 6.07) is 12.2. The van der Waals surface area contributed by atoms with Crippen molar-refractivity contribution in [2.45, 2.75) is 19.9 Å². The number of fused-ring (bicyclic) bond motifs is 5. The number of likely N-dealkylation sites (N-methyl/N-ethyl adjacent to an activating group) is 1. The first-order valence-electron chi connectivity index (χ1n) is 12.4. The van der Waals surface area contributed by atoms with Gasteiger partial charge in [-0.2, -0.15) is 0 Å². The number of hydrogen-bond acceptors (Lipinski definition) is 8. The molecule has 1 saturated heterocycles. The van der Waals surface area contributed by atoms with Crippen LogP contribution in [0.15, 0.2) is 48.8 Å². The van der Waals surface area contributed by atoms with Crippen LogP contribution in [0.5, 0.6) is 0 Å². The normalized spacial score (nSPS) is 14.9. The van der Waals surface area contributed by atoms with E-state index in [0.29, 0.717) is 15.8 Å². The molecule has 0 aliphatic carbocycles. The average Bonchev–Trinajstić information content (AvgIpc) is 3.15. The molecule has 1 fully saturated rings. The smallest absolute Gasteiger partial charge is 0.256 e. The van der Waals surface area contributed by atoms with Gasteiger partial charge in [-0.1, -0.05) is 24.4 Å². The predicted octanol–water partition coefficient (Wildman–Crippen LogP) is 4.60. The summed E-state index contributed by atoms with van der Waals surface area (Å²) in [5.41, 5.74) is 3.82. The van der Waals surface area contributed by atoms with E-state index in [4.69, 9.17) is 17.2 Å². The molecule has 37 heavy (non-hydrogen) atoms. The molecule has 0 unspecified atom stereocenters. The van der Waals surface area contributed by atoms with Gasteiger partial charge in [0.25, 0.3) is 5.91 Å². The lowest BCUT2D eigenvalue weighted by Crippen LogP contribution is -2.29. The van der Waals surface area contributed by atoms with Crippen molar-refractivity contribution < 1.29 is 4.79 Å². The number of aryl methyl sites for hydroxylation is 1. The van der Waals surface area contributed by atoms with Gasteiger partial charge in [-0.05, 0) is 51.2 Å². The number of rotatable bonds is 4. The van der Waals surface area contributed by atoms with Crippen LogP contribution < -0.4 is 10.2 Å². The van der Waals surface area contributed by atoms with E-state index in [-0.39, 0.29) is 12.5 Å². The van der Waals surface area contributed by atoms with Gasteiger partial charge in [0.05, 0.1) is 44.4 Å². The van der Waals surface area contributed by atoms with Gasteiger partial charge in [0, 0.05) is 31.2 Å². The lowest BCUT2D eigenvalue weighted by atomic mass is 10.2. The molecule has 188 valence electrons. The van der Waals surface area contributed by atoms with Gasteiger partial charge in [0.15, 0.2) is 0 Å². The first-order chi connectivity index (χ1) is 18.0. The Labute approximate surface area is 223 Å². The van der Waals surface area contributed by atoms with E-state index in [0.717, 1.165) is 70.2 Å². The van der Waals surface area contributed by atoms with E-state index in [1.807, 2.05) is 31.2 Å². The lowest BCUT2D eigenvalue weighted by molar-refractivity contribution is 0.0951. The van der Waals surface area contributed by atoms with Crippen LogP contribution in [0.3, 0.4) is 0 Å². The molecule has 0 atom stereocenters. The van der Waals surface area contributed by atoms with Crippen LogP contribution in [0.2, 0.25) is 0 Å². The molecule has 8 nitrogen and oxygen atoms in total. The average molecular weight is 530 g/mol. The first kappa shape index (κ1) is 23.9. The van der Waals surface area contributed by atoms with Crippen molar-refractivity contribution in [3.8, 4) is 0 Å². The minimum Gasteiger partial charge on any atom is -0.355 e. The van der Waals surface area contributed by atoms with Gasteiger partial charge < -0.3 is 15.1 Å². The van der Waals surface area contributed by atoms with Crippen molar-refractivity contribution in [3.05, 3.63) is 70.3 Å². The van der Waals surface area contributed by atoms with Crippen molar-refractivity contribution in [1.29, 1.82) is 0 Å². The molecule has 5 aromatic rings. The minimum atomic E-state index is -0.224. The summed E-state index contributed by atoms with van der Waals surface area (Å²) >= 11 is 7.49. The Morgan fingerprint density at radius 1 is 1.08 bits per heavy atom. The van der Waals surface area contributed by atoms with Gasteiger partial charge in [0.1, 0.15) is 16.3 Å². The molecule has 1 aromatic carbocycles. The van der Waals surface area contributed by atoms with Crippen LogP contribution >= 0.6 is 23.6 Å². The van der Waals surface area contributed by atoms with E-state index >= 15 is 0 Å². The fourth-order valence-electron chi connectivity index (χ4n) is 4.80. The summed E-state index contributed by atoms with van der Waals surface area (Å²) < 4.78 is 3.69. The summed E-state index contributed by atoms with van der Waals surface area (Å²) in [4.78, 5) is 32.8. The molecular formula is C27H27N7OS2. The molecule has 1 aliphatic rings. The van der Waals surface area contributed by atoms with Gasteiger partial charge in [-0.3, -0.25) is 19.2 Å². The summed E-state index contributed by atoms with van der Waals surface area (Å²) in [5, 5.41) is 3.80. The van der Waals surface area contributed by atoms with Gasteiger partial charge >= 0.3 is 0 Å². The topological polar surface area (TPSA) is 78.7 Å². The van der Waals surface area contributed by atoms with Crippen molar-refractivity contribution in [3.63, 3.8) is 0 Å². The third kappa shape index (κ3) is 4.45. The highest BCUT2D eigenvalue weighted by atomic mass is 32.1. The Balaban J connectivity index is 1.49. The van der Waals surface area contributed by atoms with Crippen LogP contribution in [0, 0.1) is 11.4 Å². The highest BCUT2D eigenvalue weighted by Crippen LogP contribution is 2.34. The zero-order valence-corrected chi connectivity index (χ0v) is 22.4. The molecule has 0 saturated carbocycles. The summed E-state index contributed by atoms with van der Waals surface area (Å²) in [6.45, 7) is 6.13. The molecule has 4 aromatic heterocycles. The number of nitrogens with zero attached hydrogens (tertiary/aromatic N) is 6. The molecule has 10 heteroatoms. The van der Waals surface area contributed by atoms with Crippen LogP contribution in [-0.2, 0) is 6.54 Å². The third-order valence-electron chi connectivity index (χ3n) is 6.81. The Kier molecular flexibility index (Phi) is 6.31. The zero-order chi connectivity index (χ0) is 25.5. The van der Waals surface area contributed by atoms with E-state index in [2.05, 4.69) is 48.7 Å². The van der Waals surface area contributed by atoms with Crippen LogP contribution in [0.25, 0.3) is 26.1 Å². The number of hydrogen-bond donors (Lipinski definition) is 1.